The van der Waals surface area contributed by atoms with Gasteiger partial charge < -0.3 is 15.2 Å². The van der Waals surface area contributed by atoms with Crippen molar-refractivity contribution in [2.24, 2.45) is 0 Å². The molecule has 0 atom stereocenters. The number of carbonyl (C=O) groups is 3. The highest BCUT2D eigenvalue weighted by Crippen LogP contribution is 2.10. The number of aromatic amines is 1. The molecule has 1 aliphatic heterocycles. The van der Waals surface area contributed by atoms with Gasteiger partial charge in [0, 0.05) is 44.0 Å². The number of carbonyl (C=O) groups excluding carboxylic acids is 3. The summed E-state index contributed by atoms with van der Waals surface area (Å²) in [4.78, 5) is 42.1. The minimum Gasteiger partial charge on any atom is -0.356 e. The first-order valence-electron chi connectivity index (χ1n) is 7.87. The van der Waals surface area contributed by atoms with E-state index >= 15 is 0 Å². The molecule has 1 aromatic heterocycles. The Morgan fingerprint density at radius 3 is 2.39 bits per heavy atom. The first-order valence-corrected chi connectivity index (χ1v) is 7.87. The molecule has 1 saturated heterocycles. The lowest BCUT2D eigenvalue weighted by Crippen LogP contribution is -2.51. The first kappa shape index (κ1) is 17.2. The Labute approximate surface area is 136 Å². The fourth-order valence-corrected chi connectivity index (χ4v) is 2.57. The Balaban J connectivity index is 1.84. The van der Waals surface area contributed by atoms with E-state index in [4.69, 9.17) is 0 Å². The van der Waals surface area contributed by atoms with Crippen LogP contribution in [-0.2, 0) is 4.79 Å². The summed E-state index contributed by atoms with van der Waals surface area (Å²) in [6.07, 6.45) is 1.56. The number of Topliss-reactive ketones (excluding diaryl/α,β-unsaturated/α-hetero) is 1. The smallest absolute Gasteiger partial charge is 0.270 e. The van der Waals surface area contributed by atoms with Gasteiger partial charge in [-0.15, -0.1) is 0 Å². The maximum atomic E-state index is 12.4. The maximum absolute atomic E-state index is 12.4. The third-order valence-corrected chi connectivity index (χ3v) is 3.80. The van der Waals surface area contributed by atoms with Gasteiger partial charge in [0.25, 0.3) is 5.91 Å². The summed E-state index contributed by atoms with van der Waals surface area (Å²) < 4.78 is 0. The molecule has 2 heterocycles. The van der Waals surface area contributed by atoms with E-state index in [-0.39, 0.29) is 23.6 Å². The van der Waals surface area contributed by atoms with Gasteiger partial charge in [-0.1, -0.05) is 0 Å². The van der Waals surface area contributed by atoms with Crippen LogP contribution in [0.1, 0.15) is 41.6 Å². The lowest BCUT2D eigenvalue weighted by Gasteiger charge is -2.34. The van der Waals surface area contributed by atoms with Crippen LogP contribution in [0.15, 0.2) is 12.3 Å². The predicted molar refractivity (Wildman–Crippen MR) is 86.4 cm³/mol. The van der Waals surface area contributed by atoms with Crippen molar-refractivity contribution in [3.8, 4) is 0 Å². The molecule has 23 heavy (non-hydrogen) atoms. The molecule has 2 N–H and O–H groups in total. The second kappa shape index (κ2) is 7.41. The van der Waals surface area contributed by atoms with Crippen LogP contribution >= 0.6 is 0 Å². The molecule has 0 radical (unpaired) electrons. The van der Waals surface area contributed by atoms with Gasteiger partial charge in [-0.25, -0.2) is 0 Å². The molecule has 2 amide bonds. The Morgan fingerprint density at radius 1 is 1.22 bits per heavy atom. The topological polar surface area (TPSA) is 85.5 Å². The van der Waals surface area contributed by atoms with Crippen molar-refractivity contribution in [3.63, 3.8) is 0 Å². The Kier molecular flexibility index (Phi) is 5.54. The summed E-state index contributed by atoms with van der Waals surface area (Å²) in [7, 11) is 0. The quantitative estimate of drug-likeness (QED) is 0.774. The highest BCUT2D eigenvalue weighted by atomic mass is 16.2. The zero-order chi connectivity index (χ0) is 17.0. The molecule has 7 nitrogen and oxygen atoms in total. The van der Waals surface area contributed by atoms with E-state index in [0.717, 1.165) is 0 Å². The highest BCUT2D eigenvalue weighted by Gasteiger charge is 2.24. The number of hydrogen-bond acceptors (Lipinski definition) is 4. The van der Waals surface area contributed by atoms with Crippen molar-refractivity contribution in [1.82, 2.24) is 20.1 Å². The van der Waals surface area contributed by atoms with Gasteiger partial charge in [-0.3, -0.25) is 19.3 Å². The number of ketones is 1. The minimum atomic E-state index is -0.108. The van der Waals surface area contributed by atoms with Crippen LogP contribution in [0.3, 0.4) is 0 Å². The predicted octanol–water partition coefficient (Wildman–Crippen LogP) is 0.500. The maximum Gasteiger partial charge on any atom is 0.270 e. The van der Waals surface area contributed by atoms with Crippen molar-refractivity contribution in [1.29, 1.82) is 0 Å². The molecule has 1 aliphatic rings. The van der Waals surface area contributed by atoms with Crippen molar-refractivity contribution >= 4 is 17.6 Å². The van der Waals surface area contributed by atoms with Gasteiger partial charge in [-0.05, 0) is 26.8 Å². The normalized spacial score (nSPS) is 15.7. The van der Waals surface area contributed by atoms with E-state index in [1.54, 1.807) is 17.2 Å². The summed E-state index contributed by atoms with van der Waals surface area (Å²) >= 11 is 0. The summed E-state index contributed by atoms with van der Waals surface area (Å²) in [5.74, 6) is -0.166. The van der Waals surface area contributed by atoms with Crippen LogP contribution in [0.2, 0.25) is 0 Å². The van der Waals surface area contributed by atoms with E-state index in [1.165, 1.54) is 6.92 Å². The average Bonchev–Trinajstić information content (AvgIpc) is 2.96. The van der Waals surface area contributed by atoms with Crippen LogP contribution in [0.4, 0.5) is 0 Å². The molecular weight excluding hydrogens is 296 g/mol. The standard InChI is InChI=1S/C16H24N4O3/c1-11(2)18-15(22)10-19-4-6-20(7-5-19)16(23)14-8-13(9-17-14)12(3)21/h8-9,11,17H,4-7,10H2,1-3H3,(H,18,22). The molecule has 2 rings (SSSR count). The third kappa shape index (κ3) is 4.66. The van der Waals surface area contributed by atoms with Gasteiger partial charge in [0.1, 0.15) is 5.69 Å². The largest absolute Gasteiger partial charge is 0.356 e. The van der Waals surface area contributed by atoms with Gasteiger partial charge >= 0.3 is 0 Å². The fraction of sp³-hybridized carbons (Fsp3) is 0.562. The molecule has 0 spiro atoms. The molecule has 126 valence electrons. The molecule has 0 aliphatic carbocycles. The van der Waals surface area contributed by atoms with Crippen LogP contribution in [-0.4, -0.2) is 71.1 Å². The lowest BCUT2D eigenvalue weighted by molar-refractivity contribution is -0.123. The number of rotatable bonds is 5. The Morgan fingerprint density at radius 2 is 1.87 bits per heavy atom. The lowest BCUT2D eigenvalue weighted by atomic mass is 10.2. The van der Waals surface area contributed by atoms with Gasteiger partial charge in [0.2, 0.25) is 5.91 Å². The summed E-state index contributed by atoms with van der Waals surface area (Å²) in [5.41, 5.74) is 0.943. The SMILES string of the molecule is CC(=O)c1c[nH]c(C(=O)N2CCN(CC(=O)NC(C)C)CC2)c1. The van der Waals surface area contributed by atoms with Crippen LogP contribution in [0.25, 0.3) is 0 Å². The number of aromatic nitrogens is 1. The van der Waals surface area contributed by atoms with Crippen molar-refractivity contribution in [2.75, 3.05) is 32.7 Å². The van der Waals surface area contributed by atoms with E-state index in [0.29, 0.717) is 44.0 Å². The van der Waals surface area contributed by atoms with Gasteiger partial charge in [-0.2, -0.15) is 0 Å². The van der Waals surface area contributed by atoms with E-state index in [2.05, 4.69) is 10.3 Å². The molecule has 0 unspecified atom stereocenters. The van der Waals surface area contributed by atoms with Crippen LogP contribution < -0.4 is 5.32 Å². The summed E-state index contributed by atoms with van der Waals surface area (Å²) in [5, 5.41) is 2.87. The molecule has 1 fully saturated rings. The number of piperazine rings is 1. The number of nitrogens with one attached hydrogen (secondary N) is 2. The number of nitrogens with zero attached hydrogens (tertiary/aromatic N) is 2. The molecule has 1 aromatic rings. The third-order valence-electron chi connectivity index (χ3n) is 3.80. The zero-order valence-electron chi connectivity index (χ0n) is 13.9. The number of H-pyrrole nitrogens is 1. The van der Waals surface area contributed by atoms with Gasteiger partial charge in [0.05, 0.1) is 6.54 Å². The van der Waals surface area contributed by atoms with Crippen LogP contribution in [0, 0.1) is 0 Å². The van der Waals surface area contributed by atoms with Crippen molar-refractivity contribution in [3.05, 3.63) is 23.5 Å². The summed E-state index contributed by atoms with van der Waals surface area (Å²) in [6, 6.07) is 1.72. The zero-order valence-corrected chi connectivity index (χ0v) is 13.9. The minimum absolute atomic E-state index is 0.00949. The second-order valence-electron chi connectivity index (χ2n) is 6.15. The molecular formula is C16H24N4O3. The van der Waals surface area contributed by atoms with E-state index in [9.17, 15) is 14.4 Å². The second-order valence-corrected chi connectivity index (χ2v) is 6.15. The first-order chi connectivity index (χ1) is 10.9. The monoisotopic (exact) mass is 320 g/mol. The molecule has 0 saturated carbocycles. The van der Waals surface area contributed by atoms with E-state index < -0.39 is 0 Å². The Bertz CT molecular complexity index is 586. The Hall–Kier alpha value is -2.15. The number of hydrogen-bond donors (Lipinski definition) is 2. The van der Waals surface area contributed by atoms with Gasteiger partial charge in [0.15, 0.2) is 5.78 Å². The summed E-state index contributed by atoms with van der Waals surface area (Å²) in [6.45, 7) is 8.16. The van der Waals surface area contributed by atoms with Crippen molar-refractivity contribution < 1.29 is 14.4 Å². The average molecular weight is 320 g/mol. The fourth-order valence-electron chi connectivity index (χ4n) is 2.57. The number of amides is 2. The molecule has 0 bridgehead atoms. The molecule has 7 heteroatoms. The van der Waals surface area contributed by atoms with E-state index in [1.807, 2.05) is 18.7 Å². The van der Waals surface area contributed by atoms with Crippen LogP contribution in [0.5, 0.6) is 0 Å². The van der Waals surface area contributed by atoms with Crippen molar-refractivity contribution in [2.45, 2.75) is 26.8 Å². The highest BCUT2D eigenvalue weighted by molar-refractivity contribution is 5.99. The molecule has 0 aromatic carbocycles.